The molecule has 2 aromatic rings. The Labute approximate surface area is 113 Å². The second kappa shape index (κ2) is 5.57. The van der Waals surface area contributed by atoms with Gasteiger partial charge in [-0.15, -0.1) is 0 Å². The summed E-state index contributed by atoms with van der Waals surface area (Å²) in [5.74, 6) is -0.0460. The smallest absolute Gasteiger partial charge is 0.228 e. The Balaban J connectivity index is 2.12. The van der Waals surface area contributed by atoms with E-state index < -0.39 is 0 Å². The molecule has 0 atom stereocenters. The minimum absolute atomic E-state index is 0.0460. The van der Waals surface area contributed by atoms with Crippen LogP contribution in [-0.4, -0.2) is 5.91 Å². The number of benzene rings is 2. The fraction of sp³-hybridized carbons (Fsp3) is 0.188. The molecule has 0 aliphatic heterocycles. The first-order valence-electron chi connectivity index (χ1n) is 6.27. The van der Waals surface area contributed by atoms with Gasteiger partial charge in [0.1, 0.15) is 0 Å². The van der Waals surface area contributed by atoms with Crippen LogP contribution in [0.1, 0.15) is 16.7 Å². The van der Waals surface area contributed by atoms with Crippen molar-refractivity contribution in [2.24, 2.45) is 0 Å². The molecule has 0 saturated carbocycles. The van der Waals surface area contributed by atoms with E-state index in [1.165, 1.54) is 0 Å². The number of rotatable bonds is 3. The third kappa shape index (κ3) is 3.13. The summed E-state index contributed by atoms with van der Waals surface area (Å²) in [5.41, 5.74) is 10.3. The number of nitrogens with one attached hydrogen (secondary N) is 1. The molecule has 0 spiro atoms. The quantitative estimate of drug-likeness (QED) is 0.827. The zero-order valence-corrected chi connectivity index (χ0v) is 11.2. The average molecular weight is 254 g/mol. The first-order valence-corrected chi connectivity index (χ1v) is 6.27. The number of hydrogen-bond donors (Lipinski definition) is 2. The Morgan fingerprint density at radius 1 is 1.05 bits per heavy atom. The van der Waals surface area contributed by atoms with Crippen LogP contribution in [-0.2, 0) is 11.2 Å². The van der Waals surface area contributed by atoms with Gasteiger partial charge in [-0.3, -0.25) is 4.79 Å². The van der Waals surface area contributed by atoms with Crippen LogP contribution in [0.4, 0.5) is 11.4 Å². The van der Waals surface area contributed by atoms with Crippen molar-refractivity contribution in [2.45, 2.75) is 20.3 Å². The Kier molecular flexibility index (Phi) is 3.85. The molecule has 0 unspecified atom stereocenters. The average Bonchev–Trinajstić information content (AvgIpc) is 2.37. The molecular formula is C16H18N2O. The van der Waals surface area contributed by atoms with Crippen molar-refractivity contribution in [1.82, 2.24) is 0 Å². The van der Waals surface area contributed by atoms with Crippen molar-refractivity contribution >= 4 is 17.3 Å². The molecule has 1 amide bonds. The van der Waals surface area contributed by atoms with Gasteiger partial charge in [-0.05, 0) is 36.6 Å². The molecule has 2 aromatic carbocycles. The topological polar surface area (TPSA) is 55.1 Å². The van der Waals surface area contributed by atoms with E-state index in [-0.39, 0.29) is 5.91 Å². The Morgan fingerprint density at radius 3 is 2.42 bits per heavy atom. The van der Waals surface area contributed by atoms with Gasteiger partial charge in [-0.25, -0.2) is 0 Å². The Morgan fingerprint density at radius 2 is 1.74 bits per heavy atom. The van der Waals surface area contributed by atoms with Crippen molar-refractivity contribution in [1.29, 1.82) is 0 Å². The molecule has 0 aliphatic rings. The molecule has 19 heavy (non-hydrogen) atoms. The van der Waals surface area contributed by atoms with Crippen molar-refractivity contribution < 1.29 is 4.79 Å². The minimum Gasteiger partial charge on any atom is -0.397 e. The number of aryl methyl sites for hydroxylation is 2. The molecule has 2 rings (SSSR count). The van der Waals surface area contributed by atoms with Crippen LogP contribution in [0.2, 0.25) is 0 Å². The van der Waals surface area contributed by atoms with Crippen LogP contribution in [0.25, 0.3) is 0 Å². The first kappa shape index (κ1) is 13.1. The molecule has 0 saturated heterocycles. The number of nitrogen functional groups attached to an aromatic ring is 1. The van der Waals surface area contributed by atoms with E-state index in [0.717, 1.165) is 16.7 Å². The van der Waals surface area contributed by atoms with Crippen molar-refractivity contribution in [3.05, 3.63) is 59.2 Å². The summed E-state index contributed by atoms with van der Waals surface area (Å²) < 4.78 is 0. The lowest BCUT2D eigenvalue weighted by Gasteiger charge is -2.11. The maximum Gasteiger partial charge on any atom is 0.228 e. The number of hydrogen-bond acceptors (Lipinski definition) is 2. The van der Waals surface area contributed by atoms with E-state index in [9.17, 15) is 4.79 Å². The predicted molar refractivity (Wildman–Crippen MR) is 79.1 cm³/mol. The number of anilines is 2. The zero-order chi connectivity index (χ0) is 13.8. The van der Waals surface area contributed by atoms with Crippen LogP contribution < -0.4 is 11.1 Å². The summed E-state index contributed by atoms with van der Waals surface area (Å²) in [6.45, 7) is 3.94. The lowest BCUT2D eigenvalue weighted by atomic mass is 10.1. The third-order valence-corrected chi connectivity index (χ3v) is 3.18. The van der Waals surface area contributed by atoms with E-state index in [1.54, 1.807) is 6.07 Å². The SMILES string of the molecule is Cc1ccccc1CC(=O)Nc1c(C)cccc1N. The highest BCUT2D eigenvalue weighted by Crippen LogP contribution is 2.22. The first-order chi connectivity index (χ1) is 9.08. The van der Waals surface area contributed by atoms with Gasteiger partial charge < -0.3 is 11.1 Å². The molecule has 0 fully saturated rings. The number of para-hydroxylation sites is 1. The van der Waals surface area contributed by atoms with Crippen molar-refractivity contribution in [3.8, 4) is 0 Å². The highest BCUT2D eigenvalue weighted by Gasteiger charge is 2.09. The van der Waals surface area contributed by atoms with Crippen LogP contribution in [0.5, 0.6) is 0 Å². The number of amides is 1. The molecule has 0 radical (unpaired) electrons. The molecular weight excluding hydrogens is 236 g/mol. The second-order valence-electron chi connectivity index (χ2n) is 4.69. The third-order valence-electron chi connectivity index (χ3n) is 3.18. The molecule has 0 heterocycles. The van der Waals surface area contributed by atoms with Crippen molar-refractivity contribution in [2.75, 3.05) is 11.1 Å². The van der Waals surface area contributed by atoms with Gasteiger partial charge in [-0.1, -0.05) is 36.4 Å². The summed E-state index contributed by atoms with van der Waals surface area (Å²) in [4.78, 5) is 12.1. The lowest BCUT2D eigenvalue weighted by Crippen LogP contribution is -2.16. The van der Waals surface area contributed by atoms with Crippen molar-refractivity contribution in [3.63, 3.8) is 0 Å². The standard InChI is InChI=1S/C16H18N2O/c1-11-6-3-4-8-13(11)10-15(19)18-16-12(2)7-5-9-14(16)17/h3-9H,10,17H2,1-2H3,(H,18,19). The number of nitrogens with two attached hydrogens (primary N) is 1. The highest BCUT2D eigenvalue weighted by atomic mass is 16.1. The van der Waals surface area contributed by atoms with Gasteiger partial charge >= 0.3 is 0 Å². The van der Waals surface area contributed by atoms with Crippen LogP contribution >= 0.6 is 0 Å². The van der Waals surface area contributed by atoms with Gasteiger partial charge in [0.25, 0.3) is 0 Å². The van der Waals surface area contributed by atoms with Gasteiger partial charge in [0, 0.05) is 0 Å². The van der Waals surface area contributed by atoms with Crippen LogP contribution in [0.3, 0.4) is 0 Å². The van der Waals surface area contributed by atoms with E-state index in [1.807, 2.05) is 50.2 Å². The maximum atomic E-state index is 12.1. The van der Waals surface area contributed by atoms with Gasteiger partial charge in [-0.2, -0.15) is 0 Å². The monoisotopic (exact) mass is 254 g/mol. The largest absolute Gasteiger partial charge is 0.397 e. The minimum atomic E-state index is -0.0460. The summed E-state index contributed by atoms with van der Waals surface area (Å²) in [7, 11) is 0. The molecule has 3 N–H and O–H groups in total. The highest BCUT2D eigenvalue weighted by molar-refractivity contribution is 5.96. The van der Waals surface area contributed by atoms with Gasteiger partial charge in [0.15, 0.2) is 0 Å². The summed E-state index contributed by atoms with van der Waals surface area (Å²) >= 11 is 0. The number of carbonyl (C=O) groups excluding carboxylic acids is 1. The van der Waals surface area contributed by atoms with Crippen LogP contribution in [0.15, 0.2) is 42.5 Å². The maximum absolute atomic E-state index is 12.1. The zero-order valence-electron chi connectivity index (χ0n) is 11.2. The molecule has 0 aromatic heterocycles. The Hall–Kier alpha value is -2.29. The summed E-state index contributed by atoms with van der Waals surface area (Å²) in [5, 5.41) is 2.89. The molecule has 0 aliphatic carbocycles. The predicted octanol–water partition coefficient (Wildman–Crippen LogP) is 3.07. The van der Waals surface area contributed by atoms with Gasteiger partial charge in [0.05, 0.1) is 17.8 Å². The van der Waals surface area contributed by atoms with E-state index in [2.05, 4.69) is 5.32 Å². The summed E-state index contributed by atoms with van der Waals surface area (Å²) in [6.07, 6.45) is 0.362. The fourth-order valence-electron chi connectivity index (χ4n) is 2.03. The van der Waals surface area contributed by atoms with Gasteiger partial charge in [0.2, 0.25) is 5.91 Å². The van der Waals surface area contributed by atoms with E-state index in [4.69, 9.17) is 5.73 Å². The van der Waals surface area contributed by atoms with Crippen LogP contribution in [0, 0.1) is 13.8 Å². The number of carbonyl (C=O) groups is 1. The molecule has 98 valence electrons. The van der Waals surface area contributed by atoms with E-state index in [0.29, 0.717) is 17.8 Å². The molecule has 0 bridgehead atoms. The fourth-order valence-corrected chi connectivity index (χ4v) is 2.03. The molecule has 3 heteroatoms. The molecule has 3 nitrogen and oxygen atoms in total. The second-order valence-corrected chi connectivity index (χ2v) is 4.69. The lowest BCUT2D eigenvalue weighted by molar-refractivity contribution is -0.115. The normalized spacial score (nSPS) is 10.2. The Bertz CT molecular complexity index is 585. The summed E-state index contributed by atoms with van der Waals surface area (Å²) in [6, 6.07) is 13.5. The van der Waals surface area contributed by atoms with E-state index >= 15 is 0 Å².